The number of fused-ring (bicyclic) bond motifs is 1. The van der Waals surface area contributed by atoms with E-state index >= 15 is 0 Å². The van der Waals surface area contributed by atoms with Crippen molar-refractivity contribution in [3.05, 3.63) is 45.1 Å². The highest BCUT2D eigenvalue weighted by molar-refractivity contribution is 7.92. The van der Waals surface area contributed by atoms with E-state index in [4.69, 9.17) is 0 Å². The molecule has 0 saturated heterocycles. The van der Waals surface area contributed by atoms with E-state index in [1.807, 2.05) is 12.3 Å². The van der Waals surface area contributed by atoms with Crippen molar-refractivity contribution in [2.45, 2.75) is 33.1 Å². The van der Waals surface area contributed by atoms with Crippen molar-refractivity contribution in [3.63, 3.8) is 0 Å². The molecule has 7 heteroatoms. The Morgan fingerprint density at radius 1 is 1.32 bits per heavy atom. The Hall–Kier alpha value is -1.86. The molecule has 0 unspecified atom stereocenters. The smallest absolute Gasteiger partial charge is 0.256 e. The van der Waals surface area contributed by atoms with Gasteiger partial charge in [0, 0.05) is 15.9 Å². The molecule has 0 fully saturated rings. The quantitative estimate of drug-likeness (QED) is 0.849. The molecule has 0 saturated carbocycles. The maximum absolute atomic E-state index is 12.7. The number of thiophene rings is 1. The Kier molecular flexibility index (Phi) is 4.88. The minimum Gasteiger partial charge on any atom is -0.322 e. The van der Waals surface area contributed by atoms with Gasteiger partial charge in [-0.25, -0.2) is 8.42 Å². The SMILES string of the molecule is Cc1ccc(NC(=O)c2csc3c2CC[C@H](C)C3)cc1NS(C)(=O)=O. The zero-order valence-corrected chi connectivity index (χ0v) is 16.2. The first-order valence-electron chi connectivity index (χ1n) is 8.22. The van der Waals surface area contributed by atoms with E-state index in [2.05, 4.69) is 17.0 Å². The fourth-order valence-electron chi connectivity index (χ4n) is 3.08. The highest BCUT2D eigenvalue weighted by atomic mass is 32.2. The number of sulfonamides is 1. The van der Waals surface area contributed by atoms with Gasteiger partial charge in [0.05, 0.1) is 17.5 Å². The zero-order chi connectivity index (χ0) is 18.2. The zero-order valence-electron chi connectivity index (χ0n) is 14.5. The number of hydrogen-bond donors (Lipinski definition) is 2. The van der Waals surface area contributed by atoms with Gasteiger partial charge in [-0.2, -0.15) is 0 Å². The van der Waals surface area contributed by atoms with E-state index in [0.717, 1.165) is 36.6 Å². The van der Waals surface area contributed by atoms with Crippen LogP contribution in [0.4, 0.5) is 11.4 Å². The van der Waals surface area contributed by atoms with Gasteiger partial charge in [0.1, 0.15) is 0 Å². The molecule has 0 spiro atoms. The molecule has 2 aromatic rings. The molecule has 1 atom stereocenters. The Morgan fingerprint density at radius 3 is 2.80 bits per heavy atom. The first-order chi connectivity index (χ1) is 11.7. The lowest BCUT2D eigenvalue weighted by molar-refractivity contribution is 0.102. The summed E-state index contributed by atoms with van der Waals surface area (Å²) >= 11 is 1.66. The summed E-state index contributed by atoms with van der Waals surface area (Å²) in [5.41, 5.74) is 3.75. The number of carbonyl (C=O) groups excluding carboxylic acids is 1. The van der Waals surface area contributed by atoms with E-state index in [1.54, 1.807) is 29.5 Å². The van der Waals surface area contributed by atoms with E-state index in [9.17, 15) is 13.2 Å². The van der Waals surface area contributed by atoms with Crippen LogP contribution in [-0.4, -0.2) is 20.6 Å². The molecule has 1 heterocycles. The molecule has 1 aromatic heterocycles. The van der Waals surface area contributed by atoms with Crippen molar-refractivity contribution in [3.8, 4) is 0 Å². The average Bonchev–Trinajstić information content (AvgIpc) is 2.92. The molecule has 1 aromatic carbocycles. The van der Waals surface area contributed by atoms with Gasteiger partial charge in [-0.1, -0.05) is 13.0 Å². The fourth-order valence-corrected chi connectivity index (χ4v) is 4.94. The van der Waals surface area contributed by atoms with Crippen LogP contribution in [0.5, 0.6) is 0 Å². The summed E-state index contributed by atoms with van der Waals surface area (Å²) in [5.74, 6) is 0.532. The summed E-state index contributed by atoms with van der Waals surface area (Å²) in [6.07, 6.45) is 4.20. The van der Waals surface area contributed by atoms with Crippen LogP contribution in [0.25, 0.3) is 0 Å². The number of benzene rings is 1. The molecule has 0 bridgehead atoms. The summed E-state index contributed by atoms with van der Waals surface area (Å²) in [5, 5.41) is 4.82. The van der Waals surface area contributed by atoms with Crippen LogP contribution in [0, 0.1) is 12.8 Å². The lowest BCUT2D eigenvalue weighted by atomic mass is 9.88. The van der Waals surface area contributed by atoms with Crippen LogP contribution in [-0.2, 0) is 22.9 Å². The fraction of sp³-hybridized carbons (Fsp3) is 0.389. The topological polar surface area (TPSA) is 75.3 Å². The molecule has 25 heavy (non-hydrogen) atoms. The first-order valence-corrected chi connectivity index (χ1v) is 11.0. The standard InChI is InChI=1S/C18H22N2O3S2/c1-11-4-7-14-15(10-24-17(14)8-11)18(21)19-13-6-5-12(2)16(9-13)20-25(3,22)23/h5-6,9-11,20H,4,7-8H2,1-3H3,(H,19,21)/t11-/m0/s1. The van der Waals surface area contributed by atoms with Gasteiger partial charge in [-0.3, -0.25) is 9.52 Å². The van der Waals surface area contributed by atoms with Crippen LogP contribution in [0.3, 0.4) is 0 Å². The number of amides is 1. The molecular weight excluding hydrogens is 356 g/mol. The first kappa shape index (κ1) is 17.9. The number of nitrogens with one attached hydrogen (secondary N) is 2. The number of aryl methyl sites for hydroxylation is 1. The number of anilines is 2. The molecule has 1 aliphatic rings. The number of carbonyl (C=O) groups is 1. The summed E-state index contributed by atoms with van der Waals surface area (Å²) in [6.45, 7) is 4.06. The molecule has 1 aliphatic carbocycles. The third-order valence-electron chi connectivity index (χ3n) is 4.44. The Balaban J connectivity index is 1.81. The van der Waals surface area contributed by atoms with Gasteiger partial charge in [-0.05, 0) is 55.4 Å². The van der Waals surface area contributed by atoms with Crippen molar-refractivity contribution < 1.29 is 13.2 Å². The van der Waals surface area contributed by atoms with Crippen molar-refractivity contribution in [1.82, 2.24) is 0 Å². The molecule has 5 nitrogen and oxygen atoms in total. The second-order valence-corrected chi connectivity index (χ2v) is 9.47. The van der Waals surface area contributed by atoms with Crippen molar-refractivity contribution in [2.75, 3.05) is 16.3 Å². The van der Waals surface area contributed by atoms with Gasteiger partial charge < -0.3 is 5.32 Å². The van der Waals surface area contributed by atoms with E-state index in [1.165, 1.54) is 10.4 Å². The highest BCUT2D eigenvalue weighted by Gasteiger charge is 2.23. The van der Waals surface area contributed by atoms with Crippen LogP contribution >= 0.6 is 11.3 Å². The summed E-state index contributed by atoms with van der Waals surface area (Å²) < 4.78 is 25.4. The summed E-state index contributed by atoms with van der Waals surface area (Å²) in [4.78, 5) is 14.0. The Morgan fingerprint density at radius 2 is 2.08 bits per heavy atom. The molecule has 3 rings (SSSR count). The summed E-state index contributed by atoms with van der Waals surface area (Å²) in [6, 6.07) is 5.21. The second-order valence-electron chi connectivity index (χ2n) is 6.76. The van der Waals surface area contributed by atoms with E-state index in [-0.39, 0.29) is 5.91 Å². The molecular formula is C18H22N2O3S2. The number of rotatable bonds is 4. The van der Waals surface area contributed by atoms with Crippen LogP contribution in [0.1, 0.15) is 39.7 Å². The lowest BCUT2D eigenvalue weighted by Crippen LogP contribution is -2.17. The van der Waals surface area contributed by atoms with Gasteiger partial charge >= 0.3 is 0 Å². The largest absolute Gasteiger partial charge is 0.322 e. The predicted octanol–water partition coefficient (Wildman–Crippen LogP) is 3.81. The summed E-state index contributed by atoms with van der Waals surface area (Å²) in [7, 11) is -3.37. The normalized spacial score (nSPS) is 17.0. The van der Waals surface area contributed by atoms with Crippen LogP contribution < -0.4 is 10.0 Å². The van der Waals surface area contributed by atoms with Crippen LogP contribution in [0.15, 0.2) is 23.6 Å². The molecule has 2 N–H and O–H groups in total. The van der Waals surface area contributed by atoms with Gasteiger partial charge in [0.15, 0.2) is 0 Å². The minimum absolute atomic E-state index is 0.138. The number of hydrogen-bond acceptors (Lipinski definition) is 4. The molecule has 0 radical (unpaired) electrons. The second kappa shape index (κ2) is 6.80. The third-order valence-corrected chi connectivity index (χ3v) is 6.08. The van der Waals surface area contributed by atoms with Gasteiger partial charge in [-0.15, -0.1) is 11.3 Å². The maximum Gasteiger partial charge on any atom is 0.256 e. The Bertz CT molecular complexity index is 916. The van der Waals surface area contributed by atoms with E-state index in [0.29, 0.717) is 17.3 Å². The Labute approximate surface area is 152 Å². The molecule has 134 valence electrons. The molecule has 1 amide bonds. The molecule has 0 aliphatic heterocycles. The van der Waals surface area contributed by atoms with E-state index < -0.39 is 10.0 Å². The van der Waals surface area contributed by atoms with Crippen LogP contribution in [0.2, 0.25) is 0 Å². The lowest BCUT2D eigenvalue weighted by Gasteiger charge is -2.19. The minimum atomic E-state index is -3.37. The average molecular weight is 379 g/mol. The van der Waals surface area contributed by atoms with Crippen molar-refractivity contribution in [1.29, 1.82) is 0 Å². The maximum atomic E-state index is 12.7. The van der Waals surface area contributed by atoms with Crippen molar-refractivity contribution >= 4 is 38.6 Å². The predicted molar refractivity (Wildman–Crippen MR) is 103 cm³/mol. The third kappa shape index (κ3) is 4.22. The highest BCUT2D eigenvalue weighted by Crippen LogP contribution is 2.33. The monoisotopic (exact) mass is 378 g/mol. The van der Waals surface area contributed by atoms with Gasteiger partial charge in [0.2, 0.25) is 10.0 Å². The van der Waals surface area contributed by atoms with Crippen molar-refractivity contribution in [2.24, 2.45) is 5.92 Å². The van der Waals surface area contributed by atoms with Gasteiger partial charge in [0.25, 0.3) is 5.91 Å².